The molecule has 0 spiro atoms. The van der Waals surface area contributed by atoms with Crippen molar-refractivity contribution in [2.75, 3.05) is 14.2 Å². The molecule has 4 aromatic rings. The van der Waals surface area contributed by atoms with Crippen molar-refractivity contribution in [3.63, 3.8) is 0 Å². The number of amides is 1. The maximum atomic E-state index is 13.0. The largest absolute Gasteiger partial charge is 0.497 e. The molecule has 1 amide bonds. The summed E-state index contributed by atoms with van der Waals surface area (Å²) in [6.45, 7) is 1.72. The van der Waals surface area contributed by atoms with Gasteiger partial charge in [0.1, 0.15) is 22.7 Å². The van der Waals surface area contributed by atoms with Gasteiger partial charge in [-0.2, -0.15) is 0 Å². The first-order valence-corrected chi connectivity index (χ1v) is 10.9. The number of fused-ring (bicyclic) bond motifs is 1. The quantitative estimate of drug-likeness (QED) is 0.461. The van der Waals surface area contributed by atoms with E-state index in [4.69, 9.17) is 9.47 Å². The van der Waals surface area contributed by atoms with Gasteiger partial charge in [0.2, 0.25) is 5.91 Å². The maximum Gasteiger partial charge on any atom is 0.271 e. The van der Waals surface area contributed by atoms with Crippen LogP contribution < -0.4 is 20.3 Å². The predicted octanol–water partition coefficient (Wildman–Crippen LogP) is 4.02. The Bertz CT molecular complexity index is 1310. The minimum atomic E-state index is -0.341. The summed E-state index contributed by atoms with van der Waals surface area (Å²) in [6.07, 6.45) is 1.42. The van der Waals surface area contributed by atoms with Crippen molar-refractivity contribution in [3.05, 3.63) is 76.8 Å². The molecule has 32 heavy (non-hydrogen) atoms. The number of nitrogens with one attached hydrogen (secondary N) is 1. The second-order valence-electron chi connectivity index (χ2n) is 7.27. The van der Waals surface area contributed by atoms with Crippen LogP contribution in [0.5, 0.6) is 11.5 Å². The second kappa shape index (κ2) is 9.23. The summed E-state index contributed by atoms with van der Waals surface area (Å²) in [6, 6.07) is 16.8. The second-order valence-corrected chi connectivity index (χ2v) is 8.32. The monoisotopic (exact) mass is 449 g/mol. The lowest BCUT2D eigenvalue weighted by Crippen LogP contribution is -2.33. The fourth-order valence-corrected chi connectivity index (χ4v) is 4.57. The van der Waals surface area contributed by atoms with Gasteiger partial charge < -0.3 is 14.8 Å². The molecule has 2 aromatic carbocycles. The summed E-state index contributed by atoms with van der Waals surface area (Å²) in [5.41, 5.74) is 2.21. The molecule has 0 aliphatic carbocycles. The third-order valence-electron chi connectivity index (χ3n) is 5.16. The predicted molar refractivity (Wildman–Crippen MR) is 125 cm³/mol. The minimum Gasteiger partial charge on any atom is -0.497 e. The molecule has 164 valence electrons. The van der Waals surface area contributed by atoms with E-state index in [1.165, 1.54) is 22.2 Å². The minimum absolute atomic E-state index is 0.128. The van der Waals surface area contributed by atoms with Gasteiger partial charge in [-0.15, -0.1) is 11.3 Å². The van der Waals surface area contributed by atoms with Crippen molar-refractivity contribution < 1.29 is 14.3 Å². The van der Waals surface area contributed by atoms with Crippen LogP contribution in [0.25, 0.3) is 20.7 Å². The molecule has 8 heteroatoms. The van der Waals surface area contributed by atoms with Crippen LogP contribution in [0.2, 0.25) is 0 Å². The molecule has 2 heterocycles. The van der Waals surface area contributed by atoms with Crippen LogP contribution in [-0.4, -0.2) is 29.7 Å². The summed E-state index contributed by atoms with van der Waals surface area (Å²) in [7, 11) is 3.16. The van der Waals surface area contributed by atoms with Gasteiger partial charge in [0.25, 0.3) is 5.56 Å². The highest BCUT2D eigenvalue weighted by Gasteiger charge is 2.17. The highest BCUT2D eigenvalue weighted by Crippen LogP contribution is 2.31. The van der Waals surface area contributed by atoms with E-state index in [0.717, 1.165) is 16.0 Å². The lowest BCUT2D eigenvalue weighted by atomic mass is 10.1. The standard InChI is InChI=1S/C24H23N3O4S/c1-15(18-11-17(30-2)9-10-20(18)31-3)26-22(28)13-27-14-25-19-12-21(32-23(19)24(27)29)16-7-5-4-6-8-16/h4-12,14-15H,13H2,1-3H3,(H,26,28)/t15-/m0/s1. The zero-order valence-electron chi connectivity index (χ0n) is 18.0. The van der Waals surface area contributed by atoms with Crippen molar-refractivity contribution in [1.82, 2.24) is 14.9 Å². The number of thiophene rings is 1. The SMILES string of the molecule is COc1ccc(OC)c([C@H](C)NC(=O)Cn2cnc3cc(-c4ccccc4)sc3c2=O)c1. The van der Waals surface area contributed by atoms with Gasteiger partial charge >= 0.3 is 0 Å². The average Bonchev–Trinajstić information content (AvgIpc) is 3.26. The molecule has 1 atom stereocenters. The average molecular weight is 450 g/mol. The number of nitrogens with zero attached hydrogens (tertiary/aromatic N) is 2. The molecule has 0 saturated carbocycles. The molecule has 0 unspecified atom stereocenters. The molecule has 0 fully saturated rings. The third kappa shape index (κ3) is 4.36. The van der Waals surface area contributed by atoms with Crippen LogP contribution in [0.1, 0.15) is 18.5 Å². The fraction of sp³-hybridized carbons (Fsp3) is 0.208. The third-order valence-corrected chi connectivity index (χ3v) is 6.32. The van der Waals surface area contributed by atoms with E-state index in [9.17, 15) is 9.59 Å². The first-order valence-electron chi connectivity index (χ1n) is 10.1. The van der Waals surface area contributed by atoms with E-state index >= 15 is 0 Å². The van der Waals surface area contributed by atoms with Gasteiger partial charge in [-0.05, 0) is 36.8 Å². The Morgan fingerprint density at radius 2 is 1.91 bits per heavy atom. The molecule has 0 aliphatic rings. The highest BCUT2D eigenvalue weighted by molar-refractivity contribution is 7.22. The van der Waals surface area contributed by atoms with Gasteiger partial charge in [-0.3, -0.25) is 14.2 Å². The Hall–Kier alpha value is -3.65. The van der Waals surface area contributed by atoms with E-state index < -0.39 is 0 Å². The zero-order chi connectivity index (χ0) is 22.7. The Labute approximate surface area is 189 Å². The molecule has 0 saturated heterocycles. The van der Waals surface area contributed by atoms with Crippen LogP contribution >= 0.6 is 11.3 Å². The van der Waals surface area contributed by atoms with E-state index in [-0.39, 0.29) is 24.1 Å². The van der Waals surface area contributed by atoms with E-state index in [0.29, 0.717) is 21.7 Å². The Morgan fingerprint density at radius 1 is 1.12 bits per heavy atom. The van der Waals surface area contributed by atoms with Crippen LogP contribution in [0.3, 0.4) is 0 Å². The first-order chi connectivity index (χ1) is 15.5. The number of benzene rings is 2. The molecular formula is C24H23N3O4S. The number of ether oxygens (including phenoxy) is 2. The van der Waals surface area contributed by atoms with E-state index in [2.05, 4.69) is 10.3 Å². The van der Waals surface area contributed by atoms with E-state index in [1.54, 1.807) is 26.4 Å². The molecule has 0 radical (unpaired) electrons. The summed E-state index contributed by atoms with van der Waals surface area (Å²) < 4.78 is 12.5. The highest BCUT2D eigenvalue weighted by atomic mass is 32.1. The van der Waals surface area contributed by atoms with Crippen molar-refractivity contribution in [3.8, 4) is 21.9 Å². The topological polar surface area (TPSA) is 82.4 Å². The van der Waals surface area contributed by atoms with Crippen LogP contribution in [-0.2, 0) is 11.3 Å². The summed E-state index contributed by atoms with van der Waals surface area (Å²) in [5.74, 6) is 1.01. The van der Waals surface area contributed by atoms with Gasteiger partial charge in [0.05, 0.1) is 32.1 Å². The molecule has 0 bridgehead atoms. The van der Waals surface area contributed by atoms with Gasteiger partial charge in [-0.25, -0.2) is 4.98 Å². The van der Waals surface area contributed by atoms with Crippen LogP contribution in [0.4, 0.5) is 0 Å². The molecule has 4 rings (SSSR count). The van der Waals surface area contributed by atoms with E-state index in [1.807, 2.05) is 49.4 Å². The molecular weight excluding hydrogens is 426 g/mol. The molecule has 0 aliphatic heterocycles. The molecule has 1 N–H and O–H groups in total. The summed E-state index contributed by atoms with van der Waals surface area (Å²) >= 11 is 1.38. The normalized spacial score (nSPS) is 11.8. The smallest absolute Gasteiger partial charge is 0.271 e. The number of aromatic nitrogens is 2. The lowest BCUT2D eigenvalue weighted by Gasteiger charge is -2.18. The summed E-state index contributed by atoms with van der Waals surface area (Å²) in [5, 5.41) is 2.92. The number of hydrogen-bond donors (Lipinski definition) is 1. The number of hydrogen-bond acceptors (Lipinski definition) is 6. The number of rotatable bonds is 7. The lowest BCUT2D eigenvalue weighted by molar-refractivity contribution is -0.122. The van der Waals surface area contributed by atoms with Crippen molar-refractivity contribution in [2.24, 2.45) is 0 Å². The molecule has 7 nitrogen and oxygen atoms in total. The summed E-state index contributed by atoms with van der Waals surface area (Å²) in [4.78, 5) is 31.0. The fourth-order valence-electron chi connectivity index (χ4n) is 3.50. The first kappa shape index (κ1) is 21.6. The van der Waals surface area contributed by atoms with Gasteiger partial charge in [-0.1, -0.05) is 30.3 Å². The van der Waals surface area contributed by atoms with Crippen LogP contribution in [0, 0.1) is 0 Å². The Kier molecular flexibility index (Phi) is 6.23. The number of carbonyl (C=O) groups is 1. The van der Waals surface area contributed by atoms with Crippen molar-refractivity contribution in [2.45, 2.75) is 19.5 Å². The van der Waals surface area contributed by atoms with Crippen LogP contribution in [0.15, 0.2) is 65.7 Å². The number of carbonyl (C=O) groups excluding carboxylic acids is 1. The number of methoxy groups -OCH3 is 2. The van der Waals surface area contributed by atoms with Gasteiger partial charge in [0.15, 0.2) is 0 Å². The zero-order valence-corrected chi connectivity index (χ0v) is 18.8. The van der Waals surface area contributed by atoms with Gasteiger partial charge in [0, 0.05) is 10.4 Å². The van der Waals surface area contributed by atoms with Crippen molar-refractivity contribution >= 4 is 27.5 Å². The Morgan fingerprint density at radius 3 is 2.62 bits per heavy atom. The Balaban J connectivity index is 1.54. The molecule has 2 aromatic heterocycles. The maximum absolute atomic E-state index is 13.0. The van der Waals surface area contributed by atoms with Crippen molar-refractivity contribution in [1.29, 1.82) is 0 Å².